The summed E-state index contributed by atoms with van der Waals surface area (Å²) in [5, 5.41) is 0.690. The molecule has 2 atom stereocenters. The summed E-state index contributed by atoms with van der Waals surface area (Å²) in [7, 11) is 4.01. The summed E-state index contributed by atoms with van der Waals surface area (Å²) >= 11 is 6.05. The number of aromatic nitrogens is 2. The highest BCUT2D eigenvalue weighted by molar-refractivity contribution is 6.30. The van der Waals surface area contributed by atoms with Crippen molar-refractivity contribution in [3.05, 3.63) is 52.4 Å². The highest BCUT2D eigenvalue weighted by atomic mass is 35.5. The van der Waals surface area contributed by atoms with E-state index in [4.69, 9.17) is 11.6 Å². The molecule has 32 heavy (non-hydrogen) atoms. The van der Waals surface area contributed by atoms with Crippen molar-refractivity contribution < 1.29 is 4.79 Å². The summed E-state index contributed by atoms with van der Waals surface area (Å²) < 4.78 is 0. The molecule has 4 rings (SSSR count). The van der Waals surface area contributed by atoms with Crippen molar-refractivity contribution in [3.63, 3.8) is 0 Å². The molecule has 0 spiro atoms. The number of piperazine rings is 1. The van der Waals surface area contributed by atoms with Crippen LogP contribution in [0.4, 0.5) is 5.82 Å². The number of carbonyl (C=O) groups is 1. The summed E-state index contributed by atoms with van der Waals surface area (Å²) in [4.78, 5) is 28.9. The smallest absolute Gasteiger partial charge is 0.231 e. The number of rotatable bonds is 5. The van der Waals surface area contributed by atoms with Crippen molar-refractivity contribution >= 4 is 23.3 Å². The van der Waals surface area contributed by atoms with Crippen LogP contribution in [0.2, 0.25) is 5.02 Å². The van der Waals surface area contributed by atoms with Crippen molar-refractivity contribution in [1.29, 1.82) is 0 Å². The third-order valence-corrected chi connectivity index (χ3v) is 6.51. The average molecular weight is 458 g/mol. The maximum atomic E-state index is 13.4. The molecule has 1 aromatic heterocycles. The number of carbonyl (C=O) groups excluding carboxylic acids is 1. The number of amides is 1. The van der Waals surface area contributed by atoms with Crippen LogP contribution in [0.15, 0.2) is 30.6 Å². The lowest BCUT2D eigenvalue weighted by Gasteiger charge is -2.38. The van der Waals surface area contributed by atoms with Crippen LogP contribution < -0.4 is 4.90 Å². The fraction of sp³-hybridized carbons (Fsp3) is 0.560. The molecule has 0 saturated carbocycles. The van der Waals surface area contributed by atoms with Crippen molar-refractivity contribution in [2.45, 2.75) is 45.4 Å². The van der Waals surface area contributed by atoms with Gasteiger partial charge < -0.3 is 14.7 Å². The monoisotopic (exact) mass is 457 g/mol. The molecule has 1 saturated heterocycles. The van der Waals surface area contributed by atoms with Gasteiger partial charge in [-0.25, -0.2) is 9.97 Å². The van der Waals surface area contributed by atoms with Gasteiger partial charge in [0.25, 0.3) is 0 Å². The quantitative estimate of drug-likeness (QED) is 0.673. The van der Waals surface area contributed by atoms with E-state index >= 15 is 0 Å². The minimum absolute atomic E-state index is 0.187. The number of halogens is 1. The molecule has 1 aliphatic heterocycles. The Morgan fingerprint density at radius 1 is 1.12 bits per heavy atom. The van der Waals surface area contributed by atoms with Crippen LogP contribution in [0.1, 0.15) is 55.8 Å². The van der Waals surface area contributed by atoms with Gasteiger partial charge in [-0.15, -0.1) is 0 Å². The molecule has 0 N–H and O–H groups in total. The van der Waals surface area contributed by atoms with E-state index in [2.05, 4.69) is 26.7 Å². The first-order valence-electron chi connectivity index (χ1n) is 11.7. The number of benzene rings is 1. The minimum atomic E-state index is -0.188. The fourth-order valence-corrected chi connectivity index (χ4v) is 4.75. The first-order valence-corrected chi connectivity index (χ1v) is 12.1. The predicted molar refractivity (Wildman–Crippen MR) is 132 cm³/mol. The largest absolute Gasteiger partial charge is 0.353 e. The van der Waals surface area contributed by atoms with Crippen LogP contribution in [-0.2, 0) is 11.2 Å². The minimum Gasteiger partial charge on any atom is -0.353 e. The van der Waals surface area contributed by atoms with Gasteiger partial charge in [-0.1, -0.05) is 44.5 Å². The molecule has 0 bridgehead atoms. The van der Waals surface area contributed by atoms with Crippen molar-refractivity contribution in [1.82, 2.24) is 19.8 Å². The molecule has 6 nitrogen and oxygen atoms in total. The number of anilines is 1. The van der Waals surface area contributed by atoms with Gasteiger partial charge in [0.1, 0.15) is 12.1 Å². The second-order valence-corrected chi connectivity index (χ2v) is 9.11. The Bertz CT molecular complexity index is 894. The molecular formula is C25H36ClN5O. The Balaban J connectivity index is 0.00000141. The van der Waals surface area contributed by atoms with E-state index in [1.807, 2.05) is 57.1 Å². The van der Waals surface area contributed by atoms with Crippen molar-refractivity contribution in [3.8, 4) is 0 Å². The predicted octanol–water partition coefficient (Wildman–Crippen LogP) is 4.20. The van der Waals surface area contributed by atoms with Gasteiger partial charge in [-0.3, -0.25) is 4.79 Å². The van der Waals surface area contributed by atoms with Crippen LogP contribution in [0, 0.1) is 0 Å². The highest BCUT2D eigenvalue weighted by Crippen LogP contribution is 2.37. The third kappa shape index (κ3) is 5.41. The molecule has 1 aromatic carbocycles. The van der Waals surface area contributed by atoms with E-state index < -0.39 is 0 Å². The summed E-state index contributed by atoms with van der Waals surface area (Å²) in [5.41, 5.74) is 3.52. The molecule has 1 aliphatic carbocycles. The summed E-state index contributed by atoms with van der Waals surface area (Å²) in [6, 6.07) is 7.66. The maximum Gasteiger partial charge on any atom is 0.231 e. The number of fused-ring (bicyclic) bond motifs is 1. The molecule has 1 amide bonds. The Kier molecular flexibility index (Phi) is 8.49. The SMILES string of the molecule is CC.C[C@@H]1CCc2ncnc(N3CCN(C(=O)[C@H](CN(C)C)c4ccc(Cl)cc4)CC3)c21. The first kappa shape index (κ1) is 24.5. The summed E-state index contributed by atoms with van der Waals surface area (Å²) in [6.45, 7) is 9.97. The lowest BCUT2D eigenvalue weighted by Crippen LogP contribution is -2.51. The molecular weight excluding hydrogens is 422 g/mol. The Morgan fingerprint density at radius 2 is 1.78 bits per heavy atom. The van der Waals surface area contributed by atoms with Gasteiger partial charge >= 0.3 is 0 Å². The lowest BCUT2D eigenvalue weighted by molar-refractivity contribution is -0.133. The second kappa shape index (κ2) is 11.1. The van der Waals surface area contributed by atoms with Gasteiger partial charge in [0, 0.05) is 49.0 Å². The van der Waals surface area contributed by atoms with Gasteiger partial charge in [0.2, 0.25) is 5.91 Å². The van der Waals surface area contributed by atoms with Crippen molar-refractivity contribution in [2.75, 3.05) is 51.7 Å². The number of hydrogen-bond donors (Lipinski definition) is 0. The first-order chi connectivity index (χ1) is 15.4. The van der Waals surface area contributed by atoms with Crippen LogP contribution in [0.25, 0.3) is 0 Å². The third-order valence-electron chi connectivity index (χ3n) is 6.26. The van der Waals surface area contributed by atoms with E-state index in [-0.39, 0.29) is 11.8 Å². The molecule has 0 radical (unpaired) electrons. The molecule has 174 valence electrons. The average Bonchev–Trinajstić information content (AvgIpc) is 3.20. The molecule has 2 aliphatic rings. The number of hydrogen-bond acceptors (Lipinski definition) is 5. The lowest BCUT2D eigenvalue weighted by atomic mass is 9.96. The topological polar surface area (TPSA) is 52.6 Å². The van der Waals surface area contributed by atoms with E-state index in [9.17, 15) is 4.79 Å². The molecule has 1 fully saturated rings. The van der Waals surface area contributed by atoms with Gasteiger partial charge in [-0.2, -0.15) is 0 Å². The van der Waals surface area contributed by atoms with E-state index in [1.165, 1.54) is 11.3 Å². The summed E-state index contributed by atoms with van der Waals surface area (Å²) in [5.74, 6) is 1.57. The van der Waals surface area contributed by atoms with Crippen LogP contribution in [0.5, 0.6) is 0 Å². The van der Waals surface area contributed by atoms with Crippen LogP contribution in [-0.4, -0.2) is 72.5 Å². The standard InChI is InChI=1S/C23H30ClN5O.C2H6/c1-16-4-9-20-21(16)22(26-15-25-20)28-10-12-29(13-11-28)23(30)19(14-27(2)3)17-5-7-18(24)8-6-17;1-2/h5-8,15-16,19H,4,9-14H2,1-3H3;1-2H3/t16-,19-;/m1./s1. The maximum absolute atomic E-state index is 13.4. The molecule has 7 heteroatoms. The van der Waals surface area contributed by atoms with E-state index in [0.717, 1.165) is 37.3 Å². The van der Waals surface area contributed by atoms with Crippen LogP contribution >= 0.6 is 11.6 Å². The zero-order valence-electron chi connectivity index (χ0n) is 20.0. The van der Waals surface area contributed by atoms with E-state index in [1.54, 1.807) is 6.33 Å². The van der Waals surface area contributed by atoms with Gasteiger partial charge in [0.15, 0.2) is 0 Å². The summed E-state index contributed by atoms with van der Waals surface area (Å²) in [6.07, 6.45) is 3.88. The zero-order chi connectivity index (χ0) is 23.3. The Hall–Kier alpha value is -2.18. The number of likely N-dealkylation sites (N-methyl/N-ethyl adjacent to an activating group) is 1. The zero-order valence-corrected chi connectivity index (χ0v) is 20.8. The Morgan fingerprint density at radius 3 is 2.41 bits per heavy atom. The molecule has 2 heterocycles. The van der Waals surface area contributed by atoms with Gasteiger partial charge in [-0.05, 0) is 50.6 Å². The second-order valence-electron chi connectivity index (χ2n) is 8.68. The van der Waals surface area contributed by atoms with Gasteiger partial charge in [0.05, 0.1) is 5.92 Å². The molecule has 0 unspecified atom stereocenters. The highest BCUT2D eigenvalue weighted by Gasteiger charge is 2.32. The van der Waals surface area contributed by atoms with Crippen LogP contribution in [0.3, 0.4) is 0 Å². The van der Waals surface area contributed by atoms with E-state index in [0.29, 0.717) is 30.6 Å². The number of aryl methyl sites for hydroxylation is 1. The molecule has 2 aromatic rings. The Labute approximate surface area is 197 Å². The fourth-order valence-electron chi connectivity index (χ4n) is 4.62. The normalized spacial score (nSPS) is 18.8. The van der Waals surface area contributed by atoms with Crippen molar-refractivity contribution in [2.24, 2.45) is 0 Å². The number of nitrogens with zero attached hydrogens (tertiary/aromatic N) is 5.